The molecule has 0 spiro atoms. The van der Waals surface area contributed by atoms with E-state index < -0.39 is 0 Å². The van der Waals surface area contributed by atoms with E-state index in [-0.39, 0.29) is 0 Å². The second-order valence-corrected chi connectivity index (χ2v) is 16.6. The predicted molar refractivity (Wildman–Crippen MR) is 254 cm³/mol. The number of thiophene rings is 1. The Morgan fingerprint density at radius 1 is 0.393 bits per heavy atom. The highest BCUT2D eigenvalue weighted by Crippen LogP contribution is 2.43. The van der Waals surface area contributed by atoms with Crippen molar-refractivity contribution in [3.63, 3.8) is 0 Å². The zero-order valence-electron chi connectivity index (χ0n) is 32.6. The molecule has 0 saturated carbocycles. The molecule has 0 unspecified atom stereocenters. The summed E-state index contributed by atoms with van der Waals surface area (Å²) in [6.45, 7) is 0. The average Bonchev–Trinajstić information content (AvgIpc) is 4.00. The number of hydrogen-bond donors (Lipinski definition) is 0. The number of hydrogen-bond acceptors (Lipinski definition) is 5. The van der Waals surface area contributed by atoms with Gasteiger partial charge in [-0.3, -0.25) is 0 Å². The molecule has 5 nitrogen and oxygen atoms in total. The molecule has 6 heteroatoms. The Labute approximate surface area is 353 Å². The molecule has 0 aliphatic rings. The molecule has 0 radical (unpaired) electrons. The molecule has 0 amide bonds. The van der Waals surface area contributed by atoms with Gasteiger partial charge in [-0.25, -0.2) is 15.0 Å². The summed E-state index contributed by atoms with van der Waals surface area (Å²) in [5.41, 5.74) is 9.84. The smallest absolute Gasteiger partial charge is 0.165 e. The van der Waals surface area contributed by atoms with Gasteiger partial charge in [-0.1, -0.05) is 146 Å². The van der Waals surface area contributed by atoms with Crippen molar-refractivity contribution in [1.82, 2.24) is 19.5 Å². The summed E-state index contributed by atoms with van der Waals surface area (Å²) >= 11 is 1.78. The van der Waals surface area contributed by atoms with Gasteiger partial charge in [0.15, 0.2) is 17.5 Å². The maximum Gasteiger partial charge on any atom is 0.165 e. The first kappa shape index (κ1) is 34.0. The van der Waals surface area contributed by atoms with Crippen molar-refractivity contribution in [3.05, 3.63) is 194 Å². The first-order valence-electron chi connectivity index (χ1n) is 20.4. The Morgan fingerprint density at radius 2 is 1.03 bits per heavy atom. The van der Waals surface area contributed by atoms with Crippen LogP contribution >= 0.6 is 11.3 Å². The van der Waals surface area contributed by atoms with Gasteiger partial charge in [0.1, 0.15) is 11.2 Å². The molecule has 0 saturated heterocycles. The summed E-state index contributed by atoms with van der Waals surface area (Å²) in [5.74, 6) is 1.80. The second kappa shape index (κ2) is 13.3. The van der Waals surface area contributed by atoms with E-state index in [2.05, 4.69) is 180 Å². The fourth-order valence-electron chi connectivity index (χ4n) is 9.17. The van der Waals surface area contributed by atoms with Crippen LogP contribution in [0.3, 0.4) is 0 Å². The lowest BCUT2D eigenvalue weighted by atomic mass is 10.0. The minimum absolute atomic E-state index is 0.570. The fraction of sp³-hybridized carbons (Fsp3) is 0. The van der Waals surface area contributed by atoms with Crippen molar-refractivity contribution in [2.24, 2.45) is 0 Å². The van der Waals surface area contributed by atoms with Gasteiger partial charge in [0.2, 0.25) is 0 Å². The third kappa shape index (κ3) is 5.36. The van der Waals surface area contributed by atoms with Crippen LogP contribution in [0.4, 0.5) is 0 Å². The third-order valence-corrected chi connectivity index (χ3v) is 13.2. The van der Waals surface area contributed by atoms with Crippen molar-refractivity contribution < 1.29 is 4.42 Å². The number of benzene rings is 9. The highest BCUT2D eigenvalue weighted by Gasteiger charge is 2.22. The standard InChI is InChI=1S/C55H32N4OS/c1-2-13-33(14-3-1)34-25-27-35(28-26-34)53-56-54(58-55(57-53)43-21-12-20-41-40-18-8-11-24-50(40)61-52(41)43)38-31-47(51-42-19-7-10-23-48(42)60-49(51)32-38)59-45-22-9-6-17-39(45)44-29-36-15-4-5-16-37(36)30-46(44)59/h1-32H. The SMILES string of the molecule is c1ccc(-c2ccc(-c3nc(-c4cc(-n5c6ccccc6c6cc7ccccc7cc65)c5c(c4)oc4ccccc45)nc(-c4cccc5c4sc4ccccc45)n3)cc2)cc1. The Kier molecular flexibility index (Phi) is 7.41. The van der Waals surface area contributed by atoms with Crippen molar-refractivity contribution >= 4 is 86.0 Å². The quantitative estimate of drug-likeness (QED) is 0.174. The number of nitrogens with zero attached hydrogens (tertiary/aromatic N) is 4. The monoisotopic (exact) mass is 796 g/mol. The molecule has 0 aliphatic heterocycles. The van der Waals surface area contributed by atoms with E-state index in [1.165, 1.54) is 37.0 Å². The van der Waals surface area contributed by atoms with Crippen molar-refractivity contribution in [2.45, 2.75) is 0 Å². The maximum atomic E-state index is 6.74. The number of furan rings is 1. The number of fused-ring (bicyclic) bond motifs is 10. The third-order valence-electron chi connectivity index (χ3n) is 12.0. The summed E-state index contributed by atoms with van der Waals surface area (Å²) in [7, 11) is 0. The zero-order chi connectivity index (χ0) is 40.0. The molecule has 0 bridgehead atoms. The number of aromatic nitrogens is 4. The molecule has 0 fully saturated rings. The van der Waals surface area contributed by atoms with E-state index >= 15 is 0 Å². The lowest BCUT2D eigenvalue weighted by Crippen LogP contribution is -2.02. The Bertz CT molecular complexity index is 3880. The van der Waals surface area contributed by atoms with E-state index in [9.17, 15) is 0 Å². The molecule has 284 valence electrons. The normalized spacial score (nSPS) is 11.9. The summed E-state index contributed by atoms with van der Waals surface area (Å²) in [5, 5.41) is 9.29. The van der Waals surface area contributed by atoms with Crippen LogP contribution in [0.15, 0.2) is 199 Å². The molecule has 13 aromatic rings. The largest absolute Gasteiger partial charge is 0.456 e. The van der Waals surface area contributed by atoms with Gasteiger partial charge in [-0.2, -0.15) is 0 Å². The van der Waals surface area contributed by atoms with Gasteiger partial charge in [-0.15, -0.1) is 11.3 Å². The molecule has 0 aliphatic carbocycles. The minimum Gasteiger partial charge on any atom is -0.456 e. The lowest BCUT2D eigenvalue weighted by Gasteiger charge is -2.14. The Morgan fingerprint density at radius 3 is 1.89 bits per heavy atom. The van der Waals surface area contributed by atoms with E-state index in [0.29, 0.717) is 17.5 Å². The Balaban J connectivity index is 1.10. The van der Waals surface area contributed by atoms with Crippen LogP contribution < -0.4 is 0 Å². The van der Waals surface area contributed by atoms with Gasteiger partial charge in [0, 0.05) is 53.0 Å². The van der Waals surface area contributed by atoms with Crippen LogP contribution in [-0.4, -0.2) is 19.5 Å². The van der Waals surface area contributed by atoms with E-state index in [4.69, 9.17) is 19.4 Å². The zero-order valence-corrected chi connectivity index (χ0v) is 33.4. The fourth-order valence-corrected chi connectivity index (χ4v) is 10.4. The lowest BCUT2D eigenvalue weighted by molar-refractivity contribution is 0.669. The van der Waals surface area contributed by atoms with Crippen molar-refractivity contribution in [2.75, 3.05) is 0 Å². The van der Waals surface area contributed by atoms with E-state index in [1.807, 2.05) is 18.2 Å². The summed E-state index contributed by atoms with van der Waals surface area (Å²) < 4.78 is 11.5. The van der Waals surface area contributed by atoms with Crippen LogP contribution in [0.1, 0.15) is 0 Å². The summed E-state index contributed by atoms with van der Waals surface area (Å²) in [6, 6.07) is 68.5. The first-order chi connectivity index (χ1) is 30.2. The van der Waals surface area contributed by atoms with Crippen molar-refractivity contribution in [3.8, 4) is 51.0 Å². The maximum absolute atomic E-state index is 6.74. The molecular weight excluding hydrogens is 765 g/mol. The van der Waals surface area contributed by atoms with Gasteiger partial charge >= 0.3 is 0 Å². The number of para-hydroxylation sites is 2. The van der Waals surface area contributed by atoms with Crippen LogP contribution in [-0.2, 0) is 0 Å². The molecule has 0 atom stereocenters. The average molecular weight is 797 g/mol. The highest BCUT2D eigenvalue weighted by atomic mass is 32.1. The van der Waals surface area contributed by atoms with Gasteiger partial charge < -0.3 is 8.98 Å². The van der Waals surface area contributed by atoms with E-state index in [0.717, 1.165) is 71.2 Å². The molecule has 0 N–H and O–H groups in total. The molecule has 4 heterocycles. The highest BCUT2D eigenvalue weighted by molar-refractivity contribution is 7.26. The van der Waals surface area contributed by atoms with E-state index in [1.54, 1.807) is 11.3 Å². The summed E-state index contributed by atoms with van der Waals surface area (Å²) in [4.78, 5) is 15.9. The van der Waals surface area contributed by atoms with Crippen LogP contribution in [0.2, 0.25) is 0 Å². The molecule has 61 heavy (non-hydrogen) atoms. The predicted octanol–water partition coefficient (Wildman–Crippen LogP) is 15.1. The molecule has 13 rings (SSSR count). The number of rotatable bonds is 5. The van der Waals surface area contributed by atoms with Gasteiger partial charge in [0.05, 0.1) is 22.1 Å². The topological polar surface area (TPSA) is 56.7 Å². The minimum atomic E-state index is 0.570. The molecule has 9 aromatic carbocycles. The van der Waals surface area contributed by atoms with Crippen LogP contribution in [0, 0.1) is 0 Å². The van der Waals surface area contributed by atoms with Gasteiger partial charge in [0.25, 0.3) is 0 Å². The first-order valence-corrected chi connectivity index (χ1v) is 21.2. The summed E-state index contributed by atoms with van der Waals surface area (Å²) in [6.07, 6.45) is 0. The van der Waals surface area contributed by atoms with Crippen molar-refractivity contribution in [1.29, 1.82) is 0 Å². The van der Waals surface area contributed by atoms with Crippen LogP contribution in [0.25, 0.3) is 126 Å². The Hall–Kier alpha value is -7.93. The molecular formula is C55H32N4OS. The second-order valence-electron chi connectivity index (χ2n) is 15.6. The van der Waals surface area contributed by atoms with Gasteiger partial charge in [-0.05, 0) is 70.4 Å². The molecule has 4 aromatic heterocycles. The van der Waals surface area contributed by atoms with Crippen LogP contribution in [0.5, 0.6) is 0 Å².